The van der Waals surface area contributed by atoms with Gasteiger partial charge >= 0.3 is 0 Å². The van der Waals surface area contributed by atoms with E-state index in [0.29, 0.717) is 5.04 Å². The van der Waals surface area contributed by atoms with Crippen LogP contribution < -0.4 is 0 Å². The van der Waals surface area contributed by atoms with E-state index in [1.165, 1.54) is 6.42 Å². The van der Waals surface area contributed by atoms with E-state index in [9.17, 15) is 0 Å². The Morgan fingerprint density at radius 3 is 2.18 bits per heavy atom. The van der Waals surface area contributed by atoms with Gasteiger partial charge in [-0.15, -0.1) is 0 Å². The predicted molar refractivity (Wildman–Crippen MR) is 77.8 cm³/mol. The second-order valence-electron chi connectivity index (χ2n) is 6.09. The molecule has 2 nitrogen and oxygen atoms in total. The normalized spacial score (nSPS) is 13.5. The summed E-state index contributed by atoms with van der Waals surface area (Å²) in [5.74, 6) is 0. The fourth-order valence-corrected chi connectivity index (χ4v) is 2.31. The van der Waals surface area contributed by atoms with E-state index in [1.807, 2.05) is 0 Å². The monoisotopic (exact) mass is 258 g/mol. The Kier molecular flexibility index (Phi) is 8.00. The maximum absolute atomic E-state index is 8.61. The van der Waals surface area contributed by atoms with Crippen LogP contribution >= 0.6 is 0 Å². The zero-order valence-electron chi connectivity index (χ0n) is 12.3. The summed E-state index contributed by atoms with van der Waals surface area (Å²) in [4.78, 5) is 0. The summed E-state index contributed by atoms with van der Waals surface area (Å²) in [6.07, 6.45) is 8.39. The van der Waals surface area contributed by atoms with Gasteiger partial charge in [0.2, 0.25) is 0 Å². The SMILES string of the molecule is CC(C)(C)[Si](C)(C)OCCCC/C=C\CCO. The summed E-state index contributed by atoms with van der Waals surface area (Å²) < 4.78 is 6.10. The van der Waals surface area contributed by atoms with Gasteiger partial charge in [-0.3, -0.25) is 0 Å². The van der Waals surface area contributed by atoms with E-state index >= 15 is 0 Å². The van der Waals surface area contributed by atoms with Crippen LogP contribution in [0.2, 0.25) is 18.1 Å². The topological polar surface area (TPSA) is 29.5 Å². The Balaban J connectivity index is 3.58. The van der Waals surface area contributed by atoms with Gasteiger partial charge in [0.25, 0.3) is 0 Å². The van der Waals surface area contributed by atoms with Crippen molar-refractivity contribution in [2.45, 2.75) is 64.6 Å². The molecular formula is C14H30O2Si. The highest BCUT2D eigenvalue weighted by molar-refractivity contribution is 6.74. The summed E-state index contributed by atoms with van der Waals surface area (Å²) in [6, 6.07) is 0. The molecule has 0 aliphatic rings. The van der Waals surface area contributed by atoms with E-state index in [0.717, 1.165) is 25.9 Å². The fraction of sp³-hybridized carbons (Fsp3) is 0.857. The first-order valence-corrected chi connectivity index (χ1v) is 9.62. The van der Waals surface area contributed by atoms with Crippen LogP contribution in [0.25, 0.3) is 0 Å². The maximum Gasteiger partial charge on any atom is 0.191 e. The lowest BCUT2D eigenvalue weighted by atomic mass is 10.2. The van der Waals surface area contributed by atoms with Crippen LogP contribution in [0.1, 0.15) is 46.5 Å². The van der Waals surface area contributed by atoms with E-state index < -0.39 is 8.32 Å². The van der Waals surface area contributed by atoms with Gasteiger partial charge in [-0.25, -0.2) is 0 Å². The lowest BCUT2D eigenvalue weighted by molar-refractivity contribution is 0.279. The number of aliphatic hydroxyl groups is 1. The lowest BCUT2D eigenvalue weighted by Gasteiger charge is -2.36. The number of aliphatic hydroxyl groups excluding tert-OH is 1. The molecule has 0 radical (unpaired) electrons. The van der Waals surface area contributed by atoms with Crippen molar-refractivity contribution in [3.8, 4) is 0 Å². The average molecular weight is 258 g/mol. The van der Waals surface area contributed by atoms with Crippen molar-refractivity contribution < 1.29 is 9.53 Å². The third-order valence-electron chi connectivity index (χ3n) is 3.50. The van der Waals surface area contributed by atoms with E-state index in [-0.39, 0.29) is 6.61 Å². The van der Waals surface area contributed by atoms with E-state index in [1.54, 1.807) is 0 Å². The van der Waals surface area contributed by atoms with Crippen molar-refractivity contribution in [1.29, 1.82) is 0 Å². The number of hydrogen-bond donors (Lipinski definition) is 1. The summed E-state index contributed by atoms with van der Waals surface area (Å²) in [5.41, 5.74) is 0. The highest BCUT2D eigenvalue weighted by atomic mass is 28.4. The Morgan fingerprint density at radius 2 is 1.65 bits per heavy atom. The molecule has 0 saturated heterocycles. The van der Waals surface area contributed by atoms with Gasteiger partial charge in [0, 0.05) is 13.2 Å². The molecule has 0 fully saturated rings. The Labute approximate surface area is 108 Å². The summed E-state index contributed by atoms with van der Waals surface area (Å²) in [7, 11) is -1.54. The van der Waals surface area contributed by atoms with Gasteiger partial charge in [-0.05, 0) is 43.8 Å². The predicted octanol–water partition coefficient (Wildman–Crippen LogP) is 4.12. The third kappa shape index (κ3) is 7.74. The molecule has 0 spiro atoms. The molecule has 0 aliphatic heterocycles. The van der Waals surface area contributed by atoms with E-state index in [4.69, 9.17) is 9.53 Å². The Hall–Kier alpha value is -0.123. The molecule has 0 aromatic carbocycles. The summed E-state index contributed by atoms with van der Waals surface area (Å²) in [6.45, 7) is 12.6. The van der Waals surface area contributed by atoms with Crippen LogP contribution in [0.4, 0.5) is 0 Å². The van der Waals surface area contributed by atoms with E-state index in [2.05, 4.69) is 46.0 Å². The largest absolute Gasteiger partial charge is 0.417 e. The van der Waals surface area contributed by atoms with Crippen molar-refractivity contribution in [3.05, 3.63) is 12.2 Å². The number of rotatable bonds is 8. The molecule has 0 amide bonds. The molecule has 3 heteroatoms. The average Bonchev–Trinajstić information content (AvgIpc) is 2.20. The smallest absolute Gasteiger partial charge is 0.191 e. The zero-order chi connectivity index (χ0) is 13.4. The minimum absolute atomic E-state index is 0.255. The molecule has 0 aliphatic carbocycles. The molecule has 0 aromatic heterocycles. The molecule has 0 bridgehead atoms. The minimum atomic E-state index is -1.54. The Bertz CT molecular complexity index is 217. The molecular weight excluding hydrogens is 228 g/mol. The number of hydrogen-bond acceptors (Lipinski definition) is 2. The van der Waals surface area contributed by atoms with Crippen molar-refractivity contribution in [3.63, 3.8) is 0 Å². The van der Waals surface area contributed by atoms with Crippen LogP contribution in [0.5, 0.6) is 0 Å². The highest BCUT2D eigenvalue weighted by Crippen LogP contribution is 2.36. The molecule has 1 N–H and O–H groups in total. The van der Waals surface area contributed by atoms with Gasteiger partial charge in [0.05, 0.1) is 0 Å². The molecule has 0 saturated carbocycles. The summed E-state index contributed by atoms with van der Waals surface area (Å²) >= 11 is 0. The van der Waals surface area contributed by atoms with Gasteiger partial charge < -0.3 is 9.53 Å². The minimum Gasteiger partial charge on any atom is -0.417 e. The quantitative estimate of drug-likeness (QED) is 0.403. The van der Waals surface area contributed by atoms with Crippen LogP contribution in [-0.2, 0) is 4.43 Å². The molecule has 0 unspecified atom stereocenters. The lowest BCUT2D eigenvalue weighted by Crippen LogP contribution is -2.40. The van der Waals surface area contributed by atoms with Gasteiger partial charge in [-0.1, -0.05) is 32.9 Å². The number of allylic oxidation sites excluding steroid dienone is 1. The van der Waals surface area contributed by atoms with Gasteiger partial charge in [0.15, 0.2) is 8.32 Å². The van der Waals surface area contributed by atoms with Crippen LogP contribution in [0.15, 0.2) is 12.2 Å². The van der Waals surface area contributed by atoms with Gasteiger partial charge in [-0.2, -0.15) is 0 Å². The summed E-state index contributed by atoms with van der Waals surface area (Å²) in [5, 5.41) is 8.92. The van der Waals surface area contributed by atoms with Crippen LogP contribution in [0.3, 0.4) is 0 Å². The van der Waals surface area contributed by atoms with Crippen LogP contribution in [-0.4, -0.2) is 26.6 Å². The molecule has 0 aromatic rings. The van der Waals surface area contributed by atoms with Gasteiger partial charge in [0.1, 0.15) is 0 Å². The fourth-order valence-electron chi connectivity index (χ4n) is 1.22. The van der Waals surface area contributed by atoms with Crippen LogP contribution in [0, 0.1) is 0 Å². The molecule has 102 valence electrons. The Morgan fingerprint density at radius 1 is 1.06 bits per heavy atom. The second-order valence-corrected chi connectivity index (χ2v) is 10.9. The van der Waals surface area contributed by atoms with Crippen molar-refractivity contribution >= 4 is 8.32 Å². The first-order chi connectivity index (χ1) is 7.81. The molecule has 0 rings (SSSR count). The number of unbranched alkanes of at least 4 members (excludes halogenated alkanes) is 2. The highest BCUT2D eigenvalue weighted by Gasteiger charge is 2.36. The second kappa shape index (κ2) is 8.06. The van der Waals surface area contributed by atoms with Crippen molar-refractivity contribution in [1.82, 2.24) is 0 Å². The maximum atomic E-state index is 8.61. The first-order valence-electron chi connectivity index (χ1n) is 6.71. The molecule has 0 atom stereocenters. The van der Waals surface area contributed by atoms with Crippen molar-refractivity contribution in [2.75, 3.05) is 13.2 Å². The first kappa shape index (κ1) is 16.9. The van der Waals surface area contributed by atoms with Crippen molar-refractivity contribution in [2.24, 2.45) is 0 Å². The molecule has 17 heavy (non-hydrogen) atoms. The zero-order valence-corrected chi connectivity index (χ0v) is 13.3. The standard InChI is InChI=1S/C14H30O2Si/c1-14(2,3)17(4,5)16-13-11-9-7-6-8-10-12-15/h6,8,15H,7,9-13H2,1-5H3/b8-6-. The third-order valence-corrected chi connectivity index (χ3v) is 8.03. The molecule has 0 heterocycles.